The average molecular weight is 403 g/mol. The van der Waals surface area contributed by atoms with Gasteiger partial charge in [-0.2, -0.15) is 0 Å². The topological polar surface area (TPSA) is 42.5 Å². The highest BCUT2D eigenvalue weighted by Gasteiger charge is 2.11. The Balaban J connectivity index is 1.69. The Kier molecular flexibility index (Phi) is 6.82. The van der Waals surface area contributed by atoms with Gasteiger partial charge in [-0.05, 0) is 35.9 Å². The van der Waals surface area contributed by atoms with E-state index in [0.29, 0.717) is 34.7 Å². The number of methoxy groups -OCH3 is 1. The minimum Gasteiger partial charge on any atom is -0.493 e. The van der Waals surface area contributed by atoms with E-state index in [1.807, 2.05) is 54.6 Å². The molecule has 0 unspecified atom stereocenters. The van der Waals surface area contributed by atoms with Crippen molar-refractivity contribution < 1.29 is 9.47 Å². The fourth-order valence-electron chi connectivity index (χ4n) is 2.57. The molecule has 0 fully saturated rings. The lowest BCUT2D eigenvalue weighted by atomic mass is 10.2. The number of hydrazine groups is 1. The van der Waals surface area contributed by atoms with Gasteiger partial charge in [0.25, 0.3) is 0 Å². The van der Waals surface area contributed by atoms with Gasteiger partial charge in [0.2, 0.25) is 0 Å². The van der Waals surface area contributed by atoms with E-state index < -0.39 is 0 Å². The molecule has 3 rings (SSSR count). The number of halogens is 2. The summed E-state index contributed by atoms with van der Waals surface area (Å²) in [5.74, 6) is 1.36. The fourth-order valence-corrected chi connectivity index (χ4v) is 2.89. The van der Waals surface area contributed by atoms with Crippen molar-refractivity contribution in [2.24, 2.45) is 0 Å². The van der Waals surface area contributed by atoms with Gasteiger partial charge in [0.1, 0.15) is 6.61 Å². The van der Waals surface area contributed by atoms with E-state index in [9.17, 15) is 0 Å². The summed E-state index contributed by atoms with van der Waals surface area (Å²) in [4.78, 5) is 0. The first-order valence-corrected chi connectivity index (χ1v) is 9.19. The first-order valence-electron chi connectivity index (χ1n) is 8.44. The first-order chi connectivity index (χ1) is 13.2. The van der Waals surface area contributed by atoms with Crippen molar-refractivity contribution in [1.29, 1.82) is 0 Å². The number of rotatable bonds is 8. The molecule has 0 saturated heterocycles. The average Bonchev–Trinajstić information content (AvgIpc) is 2.70. The van der Waals surface area contributed by atoms with Gasteiger partial charge < -0.3 is 14.9 Å². The zero-order chi connectivity index (χ0) is 19.1. The van der Waals surface area contributed by atoms with Crippen molar-refractivity contribution >= 4 is 28.9 Å². The van der Waals surface area contributed by atoms with Crippen molar-refractivity contribution in [3.63, 3.8) is 0 Å². The van der Waals surface area contributed by atoms with Crippen LogP contribution in [0.15, 0.2) is 66.7 Å². The van der Waals surface area contributed by atoms with Crippen molar-refractivity contribution in [3.05, 3.63) is 87.9 Å². The molecule has 0 amide bonds. The third kappa shape index (κ3) is 5.30. The number of hydrogen-bond acceptors (Lipinski definition) is 4. The van der Waals surface area contributed by atoms with Crippen molar-refractivity contribution in [2.45, 2.75) is 13.2 Å². The van der Waals surface area contributed by atoms with E-state index >= 15 is 0 Å². The van der Waals surface area contributed by atoms with E-state index in [0.717, 1.165) is 16.8 Å². The van der Waals surface area contributed by atoms with Gasteiger partial charge in [-0.25, -0.2) is 5.43 Å². The van der Waals surface area contributed by atoms with E-state index in [1.54, 1.807) is 19.2 Å². The van der Waals surface area contributed by atoms with Crippen LogP contribution < -0.4 is 20.3 Å². The summed E-state index contributed by atoms with van der Waals surface area (Å²) < 4.78 is 11.5. The van der Waals surface area contributed by atoms with Gasteiger partial charge in [-0.15, -0.1) is 0 Å². The maximum atomic E-state index is 6.08. The number of benzene rings is 3. The number of anilines is 1. The molecular formula is C21H20Cl2N2O2. The summed E-state index contributed by atoms with van der Waals surface area (Å²) in [5, 5.41) is 1.03. The molecule has 6 heteroatoms. The van der Waals surface area contributed by atoms with Crippen LogP contribution in [0.5, 0.6) is 11.5 Å². The lowest BCUT2D eigenvalue weighted by Crippen LogP contribution is -2.21. The van der Waals surface area contributed by atoms with Crippen LogP contribution in [0.3, 0.4) is 0 Å². The normalized spacial score (nSPS) is 10.5. The smallest absolute Gasteiger partial charge is 0.166 e. The second kappa shape index (κ2) is 9.51. The molecular weight excluding hydrogens is 383 g/mol. The molecule has 0 bridgehead atoms. The molecule has 0 aliphatic heterocycles. The van der Waals surface area contributed by atoms with Crippen LogP contribution in [0.25, 0.3) is 0 Å². The van der Waals surface area contributed by atoms with Crippen molar-refractivity contribution in [2.75, 3.05) is 12.5 Å². The zero-order valence-corrected chi connectivity index (χ0v) is 16.3. The molecule has 4 nitrogen and oxygen atoms in total. The first kappa shape index (κ1) is 19.4. The number of nitrogens with one attached hydrogen (secondary N) is 2. The Morgan fingerprint density at radius 2 is 1.70 bits per heavy atom. The van der Waals surface area contributed by atoms with Gasteiger partial charge in [0.05, 0.1) is 17.2 Å². The largest absolute Gasteiger partial charge is 0.493 e. The minimum absolute atomic E-state index is 0.358. The van der Waals surface area contributed by atoms with Gasteiger partial charge >= 0.3 is 0 Å². The van der Waals surface area contributed by atoms with Crippen LogP contribution >= 0.6 is 23.2 Å². The third-order valence-electron chi connectivity index (χ3n) is 3.93. The van der Waals surface area contributed by atoms with Crippen LogP contribution in [-0.2, 0) is 13.2 Å². The quantitative estimate of drug-likeness (QED) is 0.474. The Morgan fingerprint density at radius 1 is 0.889 bits per heavy atom. The Morgan fingerprint density at radius 3 is 2.44 bits per heavy atom. The summed E-state index contributed by atoms with van der Waals surface area (Å²) in [7, 11) is 1.63. The van der Waals surface area contributed by atoms with Gasteiger partial charge in [0.15, 0.2) is 11.5 Å². The molecule has 27 heavy (non-hydrogen) atoms. The lowest BCUT2D eigenvalue weighted by Gasteiger charge is -2.16. The Hall–Kier alpha value is -2.40. The van der Waals surface area contributed by atoms with Crippen LogP contribution in [0.1, 0.15) is 11.1 Å². The summed E-state index contributed by atoms with van der Waals surface area (Å²) in [6.07, 6.45) is 0. The van der Waals surface area contributed by atoms with Gasteiger partial charge in [0, 0.05) is 17.8 Å². The fraction of sp³-hybridized carbons (Fsp3) is 0.143. The van der Waals surface area contributed by atoms with Crippen LogP contribution in [0.4, 0.5) is 5.69 Å². The Labute approximate surface area is 169 Å². The predicted octanol–water partition coefficient (Wildman–Crippen LogP) is 5.70. The Bertz CT molecular complexity index is 889. The van der Waals surface area contributed by atoms with Crippen LogP contribution in [0, 0.1) is 0 Å². The molecule has 0 saturated carbocycles. The van der Waals surface area contributed by atoms with Crippen molar-refractivity contribution in [3.8, 4) is 11.5 Å². The lowest BCUT2D eigenvalue weighted by molar-refractivity contribution is 0.281. The molecule has 140 valence electrons. The molecule has 0 radical (unpaired) electrons. The molecule has 3 aromatic rings. The van der Waals surface area contributed by atoms with E-state index in [4.69, 9.17) is 32.7 Å². The number of hydrogen-bond donors (Lipinski definition) is 2. The predicted molar refractivity (Wildman–Crippen MR) is 111 cm³/mol. The molecule has 2 N–H and O–H groups in total. The maximum Gasteiger partial charge on any atom is 0.166 e. The van der Waals surface area contributed by atoms with Crippen LogP contribution in [-0.4, -0.2) is 7.11 Å². The molecule has 0 heterocycles. The van der Waals surface area contributed by atoms with Crippen LogP contribution in [0.2, 0.25) is 10.0 Å². The zero-order valence-electron chi connectivity index (χ0n) is 14.8. The van der Waals surface area contributed by atoms with Crippen molar-refractivity contribution in [1.82, 2.24) is 5.43 Å². The summed E-state index contributed by atoms with van der Waals surface area (Å²) in [5.41, 5.74) is 9.25. The second-order valence-electron chi connectivity index (χ2n) is 5.83. The monoisotopic (exact) mass is 402 g/mol. The summed E-state index contributed by atoms with van der Waals surface area (Å²) in [6, 6.07) is 21.1. The number of ether oxygens (including phenoxy) is 2. The highest BCUT2D eigenvalue weighted by Crippen LogP contribution is 2.32. The molecule has 0 aromatic heterocycles. The highest BCUT2D eigenvalue weighted by molar-refractivity contribution is 6.42. The summed E-state index contributed by atoms with van der Waals surface area (Å²) >= 11 is 12.1. The molecule has 0 atom stereocenters. The van der Waals surface area contributed by atoms with E-state index in [1.165, 1.54) is 0 Å². The highest BCUT2D eigenvalue weighted by atomic mass is 35.5. The van der Waals surface area contributed by atoms with E-state index in [-0.39, 0.29) is 0 Å². The van der Waals surface area contributed by atoms with E-state index in [2.05, 4.69) is 10.9 Å². The molecule has 0 aliphatic carbocycles. The summed E-state index contributed by atoms with van der Waals surface area (Å²) in [6.45, 7) is 0.916. The van der Waals surface area contributed by atoms with Gasteiger partial charge in [-0.3, -0.25) is 0 Å². The molecule has 0 aliphatic rings. The number of para-hydroxylation sites is 2. The second-order valence-corrected chi connectivity index (χ2v) is 6.64. The minimum atomic E-state index is 0.358. The molecule has 0 spiro atoms. The molecule has 3 aromatic carbocycles. The standard InChI is InChI=1S/C21H20Cl2N2O2/c1-26-20-9-5-6-16(13-24-25-17-7-3-2-4-8-17)21(20)27-14-15-10-11-18(22)19(23)12-15/h2-12,24-25H,13-14H2,1H3. The third-order valence-corrected chi connectivity index (χ3v) is 4.67. The maximum absolute atomic E-state index is 6.08. The SMILES string of the molecule is COc1cccc(CNNc2ccccc2)c1OCc1ccc(Cl)c(Cl)c1. The van der Waals surface area contributed by atoms with Gasteiger partial charge in [-0.1, -0.05) is 59.6 Å².